The molecule has 1 aromatic heterocycles. The van der Waals surface area contributed by atoms with E-state index in [1.54, 1.807) is 0 Å². The predicted molar refractivity (Wildman–Crippen MR) is 126 cm³/mol. The van der Waals surface area contributed by atoms with Crippen LogP contribution in [0, 0.1) is 5.92 Å². The van der Waals surface area contributed by atoms with Crippen LogP contribution in [0.1, 0.15) is 37.3 Å². The number of piperidine rings is 2. The molecule has 3 aliphatic rings. The van der Waals surface area contributed by atoms with Crippen LogP contribution < -0.4 is 15.5 Å². The van der Waals surface area contributed by atoms with Gasteiger partial charge in [-0.2, -0.15) is 5.10 Å². The zero-order valence-electron chi connectivity index (χ0n) is 19.3. The Kier molecular flexibility index (Phi) is 6.36. The van der Waals surface area contributed by atoms with Gasteiger partial charge in [-0.1, -0.05) is 0 Å². The first-order valence-electron chi connectivity index (χ1n) is 12.1. The number of fused-ring (bicyclic) bond motifs is 1. The van der Waals surface area contributed by atoms with Gasteiger partial charge in [-0.15, -0.1) is 0 Å². The topological polar surface area (TPSA) is 103 Å². The van der Waals surface area contributed by atoms with Crippen LogP contribution in [0.4, 0.5) is 5.69 Å². The SMILES string of the molecule is Cn1nc(C2CCC(=O)NC2=O)c2ccc(N3CCC(CN4CCNC[C@@H]4CO)CC3)cc21. The second-order valence-corrected chi connectivity index (χ2v) is 9.68. The highest BCUT2D eigenvalue weighted by atomic mass is 16.3. The second-order valence-electron chi connectivity index (χ2n) is 9.68. The number of aliphatic hydroxyl groups is 1. The van der Waals surface area contributed by atoms with Crippen LogP contribution >= 0.6 is 0 Å². The number of carbonyl (C=O) groups excluding carboxylic acids is 2. The number of aliphatic hydroxyl groups excluding tert-OH is 1. The Morgan fingerprint density at radius 2 is 1.97 bits per heavy atom. The molecule has 1 unspecified atom stereocenters. The molecule has 9 heteroatoms. The Hall–Kier alpha value is -2.49. The summed E-state index contributed by atoms with van der Waals surface area (Å²) in [4.78, 5) is 28.8. The van der Waals surface area contributed by atoms with E-state index in [-0.39, 0.29) is 30.4 Å². The number of aryl methyl sites for hydroxylation is 1. The molecule has 3 N–H and O–H groups in total. The van der Waals surface area contributed by atoms with Gasteiger partial charge in [0.1, 0.15) is 0 Å². The van der Waals surface area contributed by atoms with Crippen LogP contribution in [-0.4, -0.2) is 83.5 Å². The number of piperazine rings is 1. The molecule has 2 amide bonds. The van der Waals surface area contributed by atoms with Crippen molar-refractivity contribution in [2.24, 2.45) is 13.0 Å². The molecule has 3 saturated heterocycles. The number of amides is 2. The number of hydrogen-bond donors (Lipinski definition) is 3. The van der Waals surface area contributed by atoms with Gasteiger partial charge in [0.15, 0.2) is 0 Å². The Morgan fingerprint density at radius 3 is 2.73 bits per heavy atom. The maximum atomic E-state index is 12.4. The second kappa shape index (κ2) is 9.40. The van der Waals surface area contributed by atoms with Crippen molar-refractivity contribution in [1.82, 2.24) is 25.3 Å². The minimum Gasteiger partial charge on any atom is -0.395 e. The van der Waals surface area contributed by atoms with Crippen LogP contribution in [0.5, 0.6) is 0 Å². The molecule has 0 spiro atoms. The average Bonchev–Trinajstić information content (AvgIpc) is 3.15. The van der Waals surface area contributed by atoms with Crippen molar-refractivity contribution >= 4 is 28.4 Å². The Balaban J connectivity index is 1.26. The van der Waals surface area contributed by atoms with E-state index in [1.807, 2.05) is 11.7 Å². The van der Waals surface area contributed by atoms with E-state index >= 15 is 0 Å². The predicted octanol–water partition coefficient (Wildman–Crippen LogP) is 0.576. The smallest absolute Gasteiger partial charge is 0.235 e. The first-order valence-corrected chi connectivity index (χ1v) is 12.1. The number of benzene rings is 1. The van der Waals surface area contributed by atoms with Crippen molar-refractivity contribution < 1.29 is 14.7 Å². The summed E-state index contributed by atoms with van der Waals surface area (Å²) in [6.45, 7) is 6.21. The van der Waals surface area contributed by atoms with Crippen LogP contribution in [0.3, 0.4) is 0 Å². The van der Waals surface area contributed by atoms with Crippen LogP contribution in [0.25, 0.3) is 10.9 Å². The van der Waals surface area contributed by atoms with Gasteiger partial charge in [0, 0.05) is 69.9 Å². The molecule has 5 rings (SSSR count). The van der Waals surface area contributed by atoms with Crippen LogP contribution in [0.2, 0.25) is 0 Å². The fourth-order valence-corrected chi connectivity index (χ4v) is 5.61. The third kappa shape index (κ3) is 4.49. The van der Waals surface area contributed by atoms with Gasteiger partial charge in [0.25, 0.3) is 0 Å². The number of carbonyl (C=O) groups is 2. The van der Waals surface area contributed by atoms with Gasteiger partial charge in [-0.3, -0.25) is 24.5 Å². The normalized spacial score (nSPS) is 25.6. The summed E-state index contributed by atoms with van der Waals surface area (Å²) < 4.78 is 1.85. The Morgan fingerprint density at radius 1 is 1.15 bits per heavy atom. The van der Waals surface area contributed by atoms with E-state index < -0.39 is 0 Å². The van der Waals surface area contributed by atoms with Gasteiger partial charge in [0.2, 0.25) is 11.8 Å². The lowest BCUT2D eigenvalue weighted by Gasteiger charge is -2.40. The number of hydrogen-bond acceptors (Lipinski definition) is 7. The van der Waals surface area contributed by atoms with E-state index in [0.717, 1.165) is 68.7 Å². The first-order chi connectivity index (χ1) is 16.0. The summed E-state index contributed by atoms with van der Waals surface area (Å²) in [6.07, 6.45) is 3.16. The van der Waals surface area contributed by atoms with Gasteiger partial charge in [-0.25, -0.2) is 0 Å². The molecule has 0 aliphatic carbocycles. The maximum absolute atomic E-state index is 12.4. The molecule has 33 heavy (non-hydrogen) atoms. The van der Waals surface area contributed by atoms with Crippen molar-refractivity contribution in [2.45, 2.75) is 37.6 Å². The third-order valence-corrected chi connectivity index (χ3v) is 7.59. The largest absolute Gasteiger partial charge is 0.395 e. The Bertz CT molecular complexity index is 1030. The van der Waals surface area contributed by atoms with Gasteiger partial charge >= 0.3 is 0 Å². The summed E-state index contributed by atoms with van der Waals surface area (Å²) in [5.74, 6) is -0.162. The minimum absolute atomic E-state index is 0.203. The standard InChI is InChI=1S/C24H34N6O3/c1-28-21-12-17(2-3-19(21)23(27-28)20-4-5-22(32)26-24(20)33)29-9-6-16(7-10-29)14-30-11-8-25-13-18(30)15-31/h2-3,12,16,18,20,25,31H,4-11,13-15H2,1H3,(H,26,32,33)/t18-,20?/m1/s1. The van der Waals surface area contributed by atoms with Crippen molar-refractivity contribution in [2.75, 3.05) is 50.8 Å². The molecule has 9 nitrogen and oxygen atoms in total. The fraction of sp³-hybridized carbons (Fsp3) is 0.625. The Labute approximate surface area is 194 Å². The summed E-state index contributed by atoms with van der Waals surface area (Å²) in [5, 5.41) is 21.1. The number of rotatable bonds is 5. The quantitative estimate of drug-likeness (QED) is 0.568. The lowest BCUT2D eigenvalue weighted by Crippen LogP contribution is -2.54. The lowest BCUT2D eigenvalue weighted by atomic mass is 9.92. The minimum atomic E-state index is -0.374. The highest BCUT2D eigenvalue weighted by Gasteiger charge is 2.32. The molecule has 0 saturated carbocycles. The molecule has 4 heterocycles. The lowest BCUT2D eigenvalue weighted by molar-refractivity contribution is -0.134. The average molecular weight is 455 g/mol. The van der Waals surface area contributed by atoms with Crippen LogP contribution in [-0.2, 0) is 16.6 Å². The highest BCUT2D eigenvalue weighted by molar-refractivity contribution is 6.02. The number of aromatic nitrogens is 2. The fourth-order valence-electron chi connectivity index (χ4n) is 5.61. The molecule has 178 valence electrons. The van der Waals surface area contributed by atoms with Gasteiger partial charge < -0.3 is 15.3 Å². The zero-order chi connectivity index (χ0) is 22.9. The first kappa shape index (κ1) is 22.3. The van der Waals surface area contributed by atoms with Crippen molar-refractivity contribution in [3.8, 4) is 0 Å². The van der Waals surface area contributed by atoms with Crippen molar-refractivity contribution in [3.63, 3.8) is 0 Å². The zero-order valence-corrected chi connectivity index (χ0v) is 19.3. The molecular weight excluding hydrogens is 420 g/mol. The molecule has 0 bridgehead atoms. The van der Waals surface area contributed by atoms with Crippen LogP contribution in [0.15, 0.2) is 18.2 Å². The van der Waals surface area contributed by atoms with E-state index in [4.69, 9.17) is 0 Å². The van der Waals surface area contributed by atoms with Crippen molar-refractivity contribution in [3.05, 3.63) is 23.9 Å². The molecular formula is C24H34N6O3. The van der Waals surface area contributed by atoms with E-state index in [9.17, 15) is 14.7 Å². The summed E-state index contributed by atoms with van der Waals surface area (Å²) in [7, 11) is 1.92. The number of nitrogens with zero attached hydrogens (tertiary/aromatic N) is 4. The summed E-state index contributed by atoms with van der Waals surface area (Å²) >= 11 is 0. The number of nitrogens with one attached hydrogen (secondary N) is 2. The highest BCUT2D eigenvalue weighted by Crippen LogP contribution is 2.33. The summed E-state index contributed by atoms with van der Waals surface area (Å²) in [6, 6.07) is 6.63. The monoisotopic (exact) mass is 454 g/mol. The van der Waals surface area contributed by atoms with E-state index in [1.165, 1.54) is 5.69 Å². The number of anilines is 1. The van der Waals surface area contributed by atoms with Crippen molar-refractivity contribution in [1.29, 1.82) is 0 Å². The van der Waals surface area contributed by atoms with Gasteiger partial charge in [0.05, 0.1) is 23.7 Å². The molecule has 0 radical (unpaired) electrons. The molecule has 2 atom stereocenters. The third-order valence-electron chi connectivity index (χ3n) is 7.59. The number of imide groups is 1. The van der Waals surface area contributed by atoms with E-state index in [0.29, 0.717) is 18.8 Å². The molecule has 1 aromatic carbocycles. The van der Waals surface area contributed by atoms with E-state index in [2.05, 4.69) is 43.7 Å². The molecule has 2 aromatic rings. The summed E-state index contributed by atoms with van der Waals surface area (Å²) in [5.41, 5.74) is 2.97. The van der Waals surface area contributed by atoms with Gasteiger partial charge in [-0.05, 0) is 43.4 Å². The maximum Gasteiger partial charge on any atom is 0.235 e. The molecule has 3 aliphatic heterocycles. The molecule has 3 fully saturated rings.